The molecule has 3 fully saturated rings. The van der Waals surface area contributed by atoms with Gasteiger partial charge in [0.05, 0.1) is 24.7 Å². The molecule has 222 valence electrons. The molecule has 0 radical (unpaired) electrons. The highest BCUT2D eigenvalue weighted by Crippen LogP contribution is 2.32. The van der Waals surface area contributed by atoms with Crippen molar-refractivity contribution in [2.45, 2.75) is 111 Å². The van der Waals surface area contributed by atoms with Crippen LogP contribution in [0.5, 0.6) is 0 Å². The zero-order chi connectivity index (χ0) is 28.5. The van der Waals surface area contributed by atoms with E-state index in [0.717, 1.165) is 0 Å². The van der Waals surface area contributed by atoms with E-state index >= 15 is 0 Å². The lowest BCUT2D eigenvalue weighted by molar-refractivity contribution is -0.332. The SMILES string of the molecule is C[C@@H](N)C(=O)N[C@@H]1C[C@H](N)[C@@H](O[C@H]2O[C@H](CN)[C@@H](O)[C@H](O)[C@H]2O)[C@H](O)[C@H]1O[C@H]1O[C@H](CO)[C@@H](O)[C@H](N)[C@H]1O. The molecule has 2 heterocycles. The largest absolute Gasteiger partial charge is 0.394 e. The first-order valence-electron chi connectivity index (χ1n) is 12.4. The van der Waals surface area contributed by atoms with Gasteiger partial charge in [0.15, 0.2) is 12.6 Å². The lowest BCUT2D eigenvalue weighted by Crippen LogP contribution is -2.69. The second-order valence-electron chi connectivity index (χ2n) is 10.0. The average molecular weight is 556 g/mol. The van der Waals surface area contributed by atoms with Crippen molar-refractivity contribution in [1.82, 2.24) is 5.32 Å². The molecule has 3 rings (SSSR count). The summed E-state index contributed by atoms with van der Waals surface area (Å²) in [5.74, 6) is -0.596. The van der Waals surface area contributed by atoms with Gasteiger partial charge in [0, 0.05) is 12.6 Å². The van der Waals surface area contributed by atoms with E-state index in [1.807, 2.05) is 0 Å². The third kappa shape index (κ3) is 6.43. The molecule has 17 nitrogen and oxygen atoms in total. The third-order valence-electron chi connectivity index (χ3n) is 7.18. The number of aliphatic hydroxyl groups is 7. The van der Waals surface area contributed by atoms with Gasteiger partial charge in [0.25, 0.3) is 0 Å². The first kappa shape index (κ1) is 31.4. The van der Waals surface area contributed by atoms with E-state index in [1.54, 1.807) is 0 Å². The number of hydrogen-bond donors (Lipinski definition) is 12. The van der Waals surface area contributed by atoms with E-state index in [9.17, 15) is 40.5 Å². The number of carbonyl (C=O) groups is 1. The molecular formula is C21H41N5O12. The van der Waals surface area contributed by atoms with Crippen LogP contribution in [0.3, 0.4) is 0 Å². The summed E-state index contributed by atoms with van der Waals surface area (Å²) in [7, 11) is 0. The summed E-state index contributed by atoms with van der Waals surface area (Å²) in [6.07, 6.45) is -17.7. The zero-order valence-corrected chi connectivity index (χ0v) is 20.8. The van der Waals surface area contributed by atoms with E-state index in [4.69, 9.17) is 41.9 Å². The van der Waals surface area contributed by atoms with Gasteiger partial charge in [-0.3, -0.25) is 4.79 Å². The molecule has 3 aliphatic rings. The summed E-state index contributed by atoms with van der Waals surface area (Å²) < 4.78 is 22.5. The number of carbonyl (C=O) groups excluding carboxylic acids is 1. The summed E-state index contributed by atoms with van der Waals surface area (Å²) in [5, 5.41) is 74.7. The Morgan fingerprint density at radius 2 is 1.47 bits per heavy atom. The zero-order valence-electron chi connectivity index (χ0n) is 20.8. The van der Waals surface area contributed by atoms with Gasteiger partial charge in [-0.05, 0) is 13.3 Å². The molecule has 16 atom stereocenters. The molecule has 0 aromatic rings. The number of rotatable bonds is 8. The van der Waals surface area contributed by atoms with Gasteiger partial charge in [0.1, 0.15) is 61.0 Å². The van der Waals surface area contributed by atoms with E-state index in [1.165, 1.54) is 6.92 Å². The monoisotopic (exact) mass is 555 g/mol. The second kappa shape index (κ2) is 13.0. The highest BCUT2D eigenvalue weighted by atomic mass is 16.7. The van der Waals surface area contributed by atoms with Crippen LogP contribution in [0.15, 0.2) is 0 Å². The molecule has 1 saturated carbocycles. The molecule has 0 bridgehead atoms. The maximum atomic E-state index is 12.4. The van der Waals surface area contributed by atoms with Crippen molar-refractivity contribution < 1.29 is 59.5 Å². The number of ether oxygens (including phenoxy) is 4. The molecule has 17 heteroatoms. The number of aliphatic hydroxyl groups excluding tert-OH is 7. The fourth-order valence-corrected chi connectivity index (χ4v) is 4.81. The van der Waals surface area contributed by atoms with Crippen molar-refractivity contribution in [3.63, 3.8) is 0 Å². The lowest BCUT2D eigenvalue weighted by atomic mass is 9.83. The fourth-order valence-electron chi connectivity index (χ4n) is 4.81. The Balaban J connectivity index is 1.84. The van der Waals surface area contributed by atoms with E-state index in [2.05, 4.69) is 5.32 Å². The summed E-state index contributed by atoms with van der Waals surface area (Å²) in [4.78, 5) is 12.4. The third-order valence-corrected chi connectivity index (χ3v) is 7.18. The highest BCUT2D eigenvalue weighted by Gasteiger charge is 2.52. The molecule has 2 saturated heterocycles. The topological polar surface area (TPSA) is 312 Å². The normalized spacial score (nSPS) is 48.9. The van der Waals surface area contributed by atoms with Gasteiger partial charge in [-0.1, -0.05) is 0 Å². The number of hydrogen-bond acceptors (Lipinski definition) is 16. The van der Waals surface area contributed by atoms with Gasteiger partial charge >= 0.3 is 0 Å². The summed E-state index contributed by atoms with van der Waals surface area (Å²) in [5.41, 5.74) is 23.3. The minimum absolute atomic E-state index is 0.0555. The first-order valence-corrected chi connectivity index (χ1v) is 12.4. The van der Waals surface area contributed by atoms with Crippen LogP contribution in [-0.4, -0.2) is 153 Å². The molecule has 0 unspecified atom stereocenters. The molecule has 0 aromatic heterocycles. The number of nitrogens with one attached hydrogen (secondary N) is 1. The Hall–Kier alpha value is -1.13. The second-order valence-corrected chi connectivity index (χ2v) is 10.0. The van der Waals surface area contributed by atoms with Gasteiger partial charge in [-0.2, -0.15) is 0 Å². The van der Waals surface area contributed by atoms with Crippen LogP contribution >= 0.6 is 0 Å². The van der Waals surface area contributed by atoms with Crippen molar-refractivity contribution >= 4 is 5.91 Å². The van der Waals surface area contributed by atoms with Gasteiger partial charge in [-0.15, -0.1) is 0 Å². The van der Waals surface area contributed by atoms with Crippen molar-refractivity contribution in [2.24, 2.45) is 22.9 Å². The van der Waals surface area contributed by atoms with Crippen LogP contribution in [0.25, 0.3) is 0 Å². The smallest absolute Gasteiger partial charge is 0.236 e. The predicted octanol–water partition coefficient (Wildman–Crippen LogP) is -7.79. The molecule has 38 heavy (non-hydrogen) atoms. The van der Waals surface area contributed by atoms with Crippen LogP contribution in [0.2, 0.25) is 0 Å². The molecule has 0 aromatic carbocycles. The Labute approximate surface area is 218 Å². The molecule has 1 amide bonds. The lowest BCUT2D eigenvalue weighted by Gasteiger charge is -2.49. The Bertz CT molecular complexity index is 781. The Kier molecular flexibility index (Phi) is 10.8. The quantitative estimate of drug-likeness (QED) is 0.132. The number of amides is 1. The molecule has 16 N–H and O–H groups in total. The average Bonchev–Trinajstić information content (AvgIpc) is 2.88. The molecule has 1 aliphatic carbocycles. The van der Waals surface area contributed by atoms with Crippen LogP contribution in [0.1, 0.15) is 13.3 Å². The summed E-state index contributed by atoms with van der Waals surface area (Å²) >= 11 is 0. The summed E-state index contributed by atoms with van der Waals surface area (Å²) in [6.45, 7) is 0.575. The molecule has 0 spiro atoms. The van der Waals surface area contributed by atoms with Crippen molar-refractivity contribution in [3.05, 3.63) is 0 Å². The first-order chi connectivity index (χ1) is 17.8. The van der Waals surface area contributed by atoms with Gasteiger partial charge in [-0.25, -0.2) is 0 Å². The van der Waals surface area contributed by atoms with Crippen molar-refractivity contribution in [1.29, 1.82) is 0 Å². The van der Waals surface area contributed by atoms with E-state index in [-0.39, 0.29) is 13.0 Å². The van der Waals surface area contributed by atoms with Crippen molar-refractivity contribution in [3.8, 4) is 0 Å². The predicted molar refractivity (Wildman–Crippen MR) is 125 cm³/mol. The van der Waals surface area contributed by atoms with Crippen LogP contribution < -0.4 is 28.3 Å². The van der Waals surface area contributed by atoms with E-state index in [0.29, 0.717) is 0 Å². The fraction of sp³-hybridized carbons (Fsp3) is 0.952. The van der Waals surface area contributed by atoms with E-state index < -0.39 is 110 Å². The molecule has 2 aliphatic heterocycles. The van der Waals surface area contributed by atoms with Crippen LogP contribution in [0, 0.1) is 0 Å². The van der Waals surface area contributed by atoms with Crippen molar-refractivity contribution in [2.75, 3.05) is 13.2 Å². The minimum Gasteiger partial charge on any atom is -0.394 e. The maximum absolute atomic E-state index is 12.4. The van der Waals surface area contributed by atoms with Crippen LogP contribution in [-0.2, 0) is 23.7 Å². The number of nitrogens with two attached hydrogens (primary N) is 4. The maximum Gasteiger partial charge on any atom is 0.236 e. The summed E-state index contributed by atoms with van der Waals surface area (Å²) in [6, 6.07) is -4.16. The van der Waals surface area contributed by atoms with Gasteiger partial charge < -0.3 is 82.9 Å². The van der Waals surface area contributed by atoms with Crippen LogP contribution in [0.4, 0.5) is 0 Å². The minimum atomic E-state index is -1.73. The highest BCUT2D eigenvalue weighted by molar-refractivity contribution is 5.81. The Morgan fingerprint density at radius 3 is 2.05 bits per heavy atom. The standard InChI is InChI=1S/C21H41N5O12/c1-5(23)19(34)26-7-2-6(24)17(37-21-15(32)14(31)12(29)8(3-22)35-21)16(33)18(7)38-20-13(30)10(25)11(28)9(4-27)36-20/h5-18,20-21,27-33H,2-4,22-25H2,1H3,(H,26,34)/t5-,6+,7-,8-,9-,10+,11-,12-,13-,14+,15-,16+,17-,18+,20-,21-/m1/s1. The van der Waals surface area contributed by atoms with Gasteiger partial charge in [0.2, 0.25) is 5.91 Å². The molecular weight excluding hydrogens is 514 g/mol. The Morgan fingerprint density at radius 1 is 0.895 bits per heavy atom.